The van der Waals surface area contributed by atoms with Gasteiger partial charge in [-0.2, -0.15) is 5.26 Å². The van der Waals surface area contributed by atoms with Gasteiger partial charge in [0.25, 0.3) is 0 Å². The molecule has 0 aromatic heterocycles. The Morgan fingerprint density at radius 1 is 1.50 bits per heavy atom. The highest BCUT2D eigenvalue weighted by Crippen LogP contribution is 2.19. The number of benzene rings is 1. The van der Waals surface area contributed by atoms with Crippen molar-refractivity contribution in [2.75, 3.05) is 13.7 Å². The SMILES string of the molecule is CCCC(O)CNCc1ccc(C#N)c(OC)c1. The summed E-state index contributed by atoms with van der Waals surface area (Å²) in [5.41, 5.74) is 1.57. The number of aliphatic hydroxyl groups is 1. The van der Waals surface area contributed by atoms with Gasteiger partial charge in [0.2, 0.25) is 0 Å². The molecule has 0 spiro atoms. The number of nitrogens with zero attached hydrogens (tertiary/aromatic N) is 1. The number of aliphatic hydroxyl groups excluding tert-OH is 1. The Hall–Kier alpha value is -1.57. The number of hydrogen-bond donors (Lipinski definition) is 2. The average Bonchev–Trinajstić information content (AvgIpc) is 2.38. The third kappa shape index (κ3) is 4.36. The second-order valence-corrected chi connectivity index (χ2v) is 4.22. The van der Waals surface area contributed by atoms with Gasteiger partial charge >= 0.3 is 0 Å². The third-order valence-corrected chi connectivity index (χ3v) is 2.72. The van der Waals surface area contributed by atoms with Crippen LogP contribution >= 0.6 is 0 Å². The van der Waals surface area contributed by atoms with Crippen molar-refractivity contribution in [1.82, 2.24) is 5.32 Å². The topological polar surface area (TPSA) is 65.3 Å². The van der Waals surface area contributed by atoms with E-state index in [1.54, 1.807) is 13.2 Å². The first kappa shape index (κ1) is 14.5. The molecule has 0 aliphatic carbocycles. The fraction of sp³-hybridized carbons (Fsp3) is 0.500. The van der Waals surface area contributed by atoms with Crippen LogP contribution < -0.4 is 10.1 Å². The van der Waals surface area contributed by atoms with Crippen molar-refractivity contribution in [1.29, 1.82) is 5.26 Å². The van der Waals surface area contributed by atoms with Gasteiger partial charge in [0.1, 0.15) is 11.8 Å². The zero-order chi connectivity index (χ0) is 13.4. The Morgan fingerprint density at radius 2 is 2.28 bits per heavy atom. The van der Waals surface area contributed by atoms with Crippen LogP contribution in [-0.2, 0) is 6.54 Å². The minimum absolute atomic E-state index is 0.296. The van der Waals surface area contributed by atoms with E-state index >= 15 is 0 Å². The van der Waals surface area contributed by atoms with E-state index in [0.717, 1.165) is 18.4 Å². The molecule has 0 radical (unpaired) electrons. The van der Waals surface area contributed by atoms with E-state index in [9.17, 15) is 5.11 Å². The molecule has 0 saturated heterocycles. The number of hydrogen-bond acceptors (Lipinski definition) is 4. The lowest BCUT2D eigenvalue weighted by Gasteiger charge is -2.11. The van der Waals surface area contributed by atoms with Gasteiger partial charge in [-0.05, 0) is 24.1 Å². The third-order valence-electron chi connectivity index (χ3n) is 2.72. The van der Waals surface area contributed by atoms with Gasteiger partial charge in [0.05, 0.1) is 18.8 Å². The van der Waals surface area contributed by atoms with Crippen molar-refractivity contribution >= 4 is 0 Å². The van der Waals surface area contributed by atoms with Gasteiger partial charge in [-0.1, -0.05) is 19.4 Å². The molecule has 1 atom stereocenters. The first-order valence-corrected chi connectivity index (χ1v) is 6.17. The molecule has 1 unspecified atom stereocenters. The Bertz CT molecular complexity index is 413. The van der Waals surface area contributed by atoms with Gasteiger partial charge in [-0.15, -0.1) is 0 Å². The fourth-order valence-corrected chi connectivity index (χ4v) is 1.76. The summed E-state index contributed by atoms with van der Waals surface area (Å²) in [5.74, 6) is 0.589. The van der Waals surface area contributed by atoms with Crippen LogP contribution in [0.5, 0.6) is 5.75 Å². The second-order valence-electron chi connectivity index (χ2n) is 4.22. The molecule has 18 heavy (non-hydrogen) atoms. The van der Waals surface area contributed by atoms with Gasteiger partial charge in [-0.3, -0.25) is 0 Å². The van der Waals surface area contributed by atoms with Crippen LogP contribution in [-0.4, -0.2) is 24.9 Å². The van der Waals surface area contributed by atoms with E-state index in [-0.39, 0.29) is 6.10 Å². The van der Waals surface area contributed by atoms with Crippen LogP contribution in [0, 0.1) is 11.3 Å². The predicted octanol–water partition coefficient (Wildman–Crippen LogP) is 1.82. The fourth-order valence-electron chi connectivity index (χ4n) is 1.76. The highest BCUT2D eigenvalue weighted by Gasteiger charge is 2.05. The lowest BCUT2D eigenvalue weighted by Crippen LogP contribution is -2.26. The number of nitrogens with one attached hydrogen (secondary N) is 1. The summed E-state index contributed by atoms with van der Waals surface area (Å²) in [6, 6.07) is 7.56. The first-order valence-electron chi connectivity index (χ1n) is 6.17. The van der Waals surface area contributed by atoms with Crippen LogP contribution in [0.1, 0.15) is 30.9 Å². The molecule has 4 heteroatoms. The van der Waals surface area contributed by atoms with Gasteiger partial charge in [-0.25, -0.2) is 0 Å². The summed E-state index contributed by atoms with van der Waals surface area (Å²) in [6.07, 6.45) is 1.49. The Labute approximate surface area is 108 Å². The Morgan fingerprint density at radius 3 is 2.89 bits per heavy atom. The van der Waals surface area contributed by atoms with Crippen LogP contribution in [0.3, 0.4) is 0 Å². The first-order chi connectivity index (χ1) is 8.71. The van der Waals surface area contributed by atoms with Crippen LogP contribution in [0.2, 0.25) is 0 Å². The molecule has 0 saturated carbocycles. The highest BCUT2D eigenvalue weighted by atomic mass is 16.5. The summed E-state index contributed by atoms with van der Waals surface area (Å²) in [5, 5.41) is 21.6. The Balaban J connectivity index is 2.51. The van der Waals surface area contributed by atoms with Gasteiger partial charge < -0.3 is 15.2 Å². The smallest absolute Gasteiger partial charge is 0.136 e. The number of methoxy groups -OCH3 is 1. The summed E-state index contributed by atoms with van der Waals surface area (Å²) in [7, 11) is 1.55. The summed E-state index contributed by atoms with van der Waals surface area (Å²) < 4.78 is 5.14. The van der Waals surface area contributed by atoms with Crippen molar-refractivity contribution in [3.05, 3.63) is 29.3 Å². The van der Waals surface area contributed by atoms with Crippen molar-refractivity contribution < 1.29 is 9.84 Å². The quantitative estimate of drug-likeness (QED) is 0.772. The molecule has 1 rings (SSSR count). The van der Waals surface area contributed by atoms with Crippen molar-refractivity contribution in [2.45, 2.75) is 32.4 Å². The maximum atomic E-state index is 9.58. The van der Waals surface area contributed by atoms with Crippen molar-refractivity contribution in [2.24, 2.45) is 0 Å². The lowest BCUT2D eigenvalue weighted by atomic mass is 10.1. The maximum Gasteiger partial charge on any atom is 0.136 e. The zero-order valence-electron chi connectivity index (χ0n) is 10.9. The van der Waals surface area contributed by atoms with Crippen molar-refractivity contribution in [3.63, 3.8) is 0 Å². The zero-order valence-corrected chi connectivity index (χ0v) is 10.9. The van der Waals surface area contributed by atoms with Crippen LogP contribution in [0.25, 0.3) is 0 Å². The monoisotopic (exact) mass is 248 g/mol. The molecular weight excluding hydrogens is 228 g/mol. The molecular formula is C14H20N2O2. The summed E-state index contributed by atoms with van der Waals surface area (Å²) >= 11 is 0. The van der Waals surface area contributed by atoms with E-state index in [1.165, 1.54) is 0 Å². The van der Waals surface area contributed by atoms with E-state index in [1.807, 2.05) is 12.1 Å². The molecule has 0 amide bonds. The predicted molar refractivity (Wildman–Crippen MR) is 70.3 cm³/mol. The molecule has 1 aromatic carbocycles. The van der Waals surface area contributed by atoms with E-state index in [0.29, 0.717) is 24.4 Å². The second kappa shape index (κ2) is 7.70. The van der Waals surface area contributed by atoms with Crippen molar-refractivity contribution in [3.8, 4) is 11.8 Å². The minimum atomic E-state index is -0.296. The number of nitriles is 1. The van der Waals surface area contributed by atoms with Gasteiger partial charge in [0, 0.05) is 13.1 Å². The molecule has 1 aromatic rings. The highest BCUT2D eigenvalue weighted by molar-refractivity contribution is 5.45. The Kier molecular flexibility index (Phi) is 6.20. The largest absolute Gasteiger partial charge is 0.495 e. The molecule has 2 N–H and O–H groups in total. The average molecular weight is 248 g/mol. The molecule has 4 nitrogen and oxygen atoms in total. The van der Waals surface area contributed by atoms with E-state index in [2.05, 4.69) is 18.3 Å². The molecule has 0 bridgehead atoms. The minimum Gasteiger partial charge on any atom is -0.495 e. The normalized spacial score (nSPS) is 11.9. The van der Waals surface area contributed by atoms with Crippen LogP contribution in [0.15, 0.2) is 18.2 Å². The summed E-state index contributed by atoms with van der Waals surface area (Å²) in [4.78, 5) is 0. The molecule has 98 valence electrons. The lowest BCUT2D eigenvalue weighted by molar-refractivity contribution is 0.160. The molecule has 0 aliphatic rings. The molecule has 0 aliphatic heterocycles. The van der Waals surface area contributed by atoms with E-state index < -0.39 is 0 Å². The number of rotatable bonds is 7. The molecule has 0 fully saturated rings. The molecule has 0 heterocycles. The maximum absolute atomic E-state index is 9.58. The standard InChI is InChI=1S/C14H20N2O2/c1-3-4-13(17)10-16-9-11-5-6-12(8-15)14(7-11)18-2/h5-7,13,16-17H,3-4,9-10H2,1-2H3. The van der Waals surface area contributed by atoms with E-state index in [4.69, 9.17) is 10.00 Å². The van der Waals surface area contributed by atoms with Crippen LogP contribution in [0.4, 0.5) is 0 Å². The number of ether oxygens (including phenoxy) is 1. The summed E-state index contributed by atoms with van der Waals surface area (Å²) in [6.45, 7) is 3.29. The van der Waals surface area contributed by atoms with Gasteiger partial charge in [0.15, 0.2) is 0 Å².